The summed E-state index contributed by atoms with van der Waals surface area (Å²) in [4.78, 5) is 11.6. The summed E-state index contributed by atoms with van der Waals surface area (Å²) in [7, 11) is -1.67. The summed E-state index contributed by atoms with van der Waals surface area (Å²) in [5.74, 6) is -0.275. The lowest BCUT2D eigenvalue weighted by Crippen LogP contribution is -2.35. The first kappa shape index (κ1) is 20.7. The summed E-state index contributed by atoms with van der Waals surface area (Å²) in [5.41, 5.74) is 0. The predicted molar refractivity (Wildman–Crippen MR) is 106 cm³/mol. The van der Waals surface area contributed by atoms with Gasteiger partial charge in [0.15, 0.2) is 0 Å². The van der Waals surface area contributed by atoms with Gasteiger partial charge in [0.2, 0.25) is 0 Å². The molecule has 0 aliphatic carbocycles. The van der Waals surface area contributed by atoms with Gasteiger partial charge < -0.3 is 4.43 Å². The SMILES string of the molecule is C=CC(=O)O[SiH](CCCCCCCCCCCC)c1ccccc1. The molecule has 0 bridgehead atoms. The Morgan fingerprint density at radius 2 is 1.50 bits per heavy atom. The molecule has 1 unspecified atom stereocenters. The van der Waals surface area contributed by atoms with Crippen molar-refractivity contribution in [2.24, 2.45) is 0 Å². The van der Waals surface area contributed by atoms with E-state index in [0.717, 1.165) is 12.5 Å². The van der Waals surface area contributed by atoms with Crippen LogP contribution in [0.4, 0.5) is 0 Å². The highest BCUT2D eigenvalue weighted by atomic mass is 28.3. The van der Waals surface area contributed by atoms with Crippen LogP contribution in [0.25, 0.3) is 0 Å². The zero-order valence-electron chi connectivity index (χ0n) is 15.3. The van der Waals surface area contributed by atoms with Crippen LogP contribution in [0, 0.1) is 0 Å². The van der Waals surface area contributed by atoms with Gasteiger partial charge in [-0.1, -0.05) is 108 Å². The molecule has 0 amide bonds. The van der Waals surface area contributed by atoms with E-state index in [-0.39, 0.29) is 5.97 Å². The second kappa shape index (κ2) is 14.0. The zero-order chi connectivity index (χ0) is 17.5. The highest BCUT2D eigenvalue weighted by Gasteiger charge is 2.17. The van der Waals surface area contributed by atoms with Crippen LogP contribution in [0.15, 0.2) is 43.0 Å². The van der Waals surface area contributed by atoms with Gasteiger partial charge in [0.1, 0.15) is 0 Å². The quantitative estimate of drug-likeness (QED) is 0.261. The fraction of sp³-hybridized carbons (Fsp3) is 0.571. The molecule has 3 heteroatoms. The summed E-state index contributed by atoms with van der Waals surface area (Å²) in [6.45, 7) is 5.77. The van der Waals surface area contributed by atoms with Gasteiger partial charge in [-0.25, -0.2) is 4.79 Å². The molecule has 0 radical (unpaired) electrons. The number of carbonyl (C=O) groups excluding carboxylic acids is 1. The van der Waals surface area contributed by atoms with Gasteiger partial charge in [0, 0.05) is 6.08 Å². The monoisotopic (exact) mass is 346 g/mol. The van der Waals surface area contributed by atoms with E-state index in [0.29, 0.717) is 0 Å². The first-order valence-corrected chi connectivity index (χ1v) is 11.5. The van der Waals surface area contributed by atoms with E-state index in [9.17, 15) is 4.79 Å². The molecule has 0 saturated heterocycles. The lowest BCUT2D eigenvalue weighted by Gasteiger charge is -2.15. The minimum absolute atomic E-state index is 0.275. The fourth-order valence-corrected chi connectivity index (χ4v) is 5.24. The third kappa shape index (κ3) is 9.71. The molecule has 1 rings (SSSR count). The zero-order valence-corrected chi connectivity index (χ0v) is 16.5. The van der Waals surface area contributed by atoms with Crippen molar-refractivity contribution in [1.82, 2.24) is 0 Å². The number of rotatable bonds is 14. The molecule has 1 aromatic rings. The Kier molecular flexibility index (Phi) is 12.1. The Labute approximate surface area is 150 Å². The molecule has 0 aromatic heterocycles. The van der Waals surface area contributed by atoms with E-state index in [1.54, 1.807) is 0 Å². The maximum absolute atomic E-state index is 11.6. The Balaban J connectivity index is 2.19. The van der Waals surface area contributed by atoms with Crippen LogP contribution >= 0.6 is 0 Å². The minimum Gasteiger partial charge on any atom is -0.514 e. The molecule has 134 valence electrons. The van der Waals surface area contributed by atoms with E-state index in [4.69, 9.17) is 4.43 Å². The lowest BCUT2D eigenvalue weighted by atomic mass is 10.1. The van der Waals surface area contributed by atoms with Crippen molar-refractivity contribution >= 4 is 20.2 Å². The van der Waals surface area contributed by atoms with E-state index in [2.05, 4.69) is 25.6 Å². The van der Waals surface area contributed by atoms with Gasteiger partial charge in [0.25, 0.3) is 9.04 Å². The van der Waals surface area contributed by atoms with Crippen molar-refractivity contribution in [2.45, 2.75) is 77.2 Å². The van der Waals surface area contributed by atoms with Crippen molar-refractivity contribution in [3.05, 3.63) is 43.0 Å². The molecule has 2 nitrogen and oxygen atoms in total. The van der Waals surface area contributed by atoms with Crippen molar-refractivity contribution in [3.8, 4) is 0 Å². The molecule has 24 heavy (non-hydrogen) atoms. The topological polar surface area (TPSA) is 26.3 Å². The summed E-state index contributed by atoms with van der Waals surface area (Å²) >= 11 is 0. The Hall–Kier alpha value is -1.35. The third-order valence-electron chi connectivity index (χ3n) is 4.42. The molecule has 0 fully saturated rings. The largest absolute Gasteiger partial charge is 0.514 e. The summed E-state index contributed by atoms with van der Waals surface area (Å²) < 4.78 is 5.65. The fourth-order valence-electron chi connectivity index (χ4n) is 2.97. The van der Waals surface area contributed by atoms with Gasteiger partial charge in [-0.3, -0.25) is 0 Å². The van der Waals surface area contributed by atoms with E-state index in [1.165, 1.54) is 69.1 Å². The number of hydrogen-bond acceptors (Lipinski definition) is 2. The lowest BCUT2D eigenvalue weighted by molar-refractivity contribution is -0.129. The smallest absolute Gasteiger partial charge is 0.316 e. The molecule has 0 spiro atoms. The van der Waals surface area contributed by atoms with Crippen molar-refractivity contribution in [3.63, 3.8) is 0 Å². The van der Waals surface area contributed by atoms with Crippen molar-refractivity contribution in [1.29, 1.82) is 0 Å². The average Bonchev–Trinajstić information content (AvgIpc) is 2.62. The highest BCUT2D eigenvalue weighted by molar-refractivity contribution is 6.68. The van der Waals surface area contributed by atoms with Gasteiger partial charge in [0.05, 0.1) is 0 Å². The summed E-state index contributed by atoms with van der Waals surface area (Å²) in [6.07, 6.45) is 14.6. The summed E-state index contributed by atoms with van der Waals surface area (Å²) in [6, 6.07) is 11.3. The number of unbranched alkanes of at least 4 members (excludes halogenated alkanes) is 9. The van der Waals surface area contributed by atoms with Crippen LogP contribution in [0.5, 0.6) is 0 Å². The molecule has 0 heterocycles. The maximum atomic E-state index is 11.6. The van der Waals surface area contributed by atoms with Crippen LogP contribution < -0.4 is 5.19 Å². The van der Waals surface area contributed by atoms with Gasteiger partial charge >= 0.3 is 5.97 Å². The van der Waals surface area contributed by atoms with Crippen molar-refractivity contribution in [2.75, 3.05) is 0 Å². The van der Waals surface area contributed by atoms with E-state index >= 15 is 0 Å². The average molecular weight is 347 g/mol. The molecule has 0 aliphatic heterocycles. The molecule has 0 aliphatic rings. The van der Waals surface area contributed by atoms with Crippen LogP contribution in [0.1, 0.15) is 71.1 Å². The third-order valence-corrected chi connectivity index (χ3v) is 6.99. The summed E-state index contributed by atoms with van der Waals surface area (Å²) in [5, 5.41) is 1.21. The standard InChI is InChI=1S/C21H34O2Si/c1-3-5-6-7-8-9-10-11-12-16-19-24(23-21(22)4-2)20-17-14-13-15-18-20/h4,13-15,17-18,24H,2-3,5-12,16,19H2,1H3. The van der Waals surface area contributed by atoms with Crippen LogP contribution in [-0.4, -0.2) is 15.0 Å². The maximum Gasteiger partial charge on any atom is 0.316 e. The van der Waals surface area contributed by atoms with Crippen LogP contribution in [-0.2, 0) is 9.22 Å². The Bertz CT molecular complexity index is 444. The second-order valence-corrected chi connectivity index (χ2v) is 8.97. The molecule has 1 atom stereocenters. The molecular formula is C21H34O2Si. The van der Waals surface area contributed by atoms with Crippen molar-refractivity contribution < 1.29 is 9.22 Å². The highest BCUT2D eigenvalue weighted by Crippen LogP contribution is 2.13. The Morgan fingerprint density at radius 3 is 2.04 bits per heavy atom. The molecular weight excluding hydrogens is 312 g/mol. The number of hydrogen-bond donors (Lipinski definition) is 0. The van der Waals surface area contributed by atoms with E-state index in [1.807, 2.05) is 18.2 Å². The second-order valence-electron chi connectivity index (χ2n) is 6.51. The number of benzene rings is 1. The first-order valence-electron chi connectivity index (χ1n) is 9.66. The van der Waals surface area contributed by atoms with Gasteiger partial charge in [-0.15, -0.1) is 0 Å². The minimum atomic E-state index is -1.67. The first-order chi connectivity index (χ1) is 11.8. The van der Waals surface area contributed by atoms with Crippen LogP contribution in [0.2, 0.25) is 6.04 Å². The number of carbonyl (C=O) groups is 1. The Morgan fingerprint density at radius 1 is 0.958 bits per heavy atom. The predicted octanol–water partition coefficient (Wildman–Crippen LogP) is 5.27. The normalized spacial score (nSPS) is 11.9. The van der Waals surface area contributed by atoms with E-state index < -0.39 is 9.04 Å². The molecule has 1 aromatic carbocycles. The van der Waals surface area contributed by atoms with Crippen LogP contribution in [0.3, 0.4) is 0 Å². The molecule has 0 saturated carbocycles. The van der Waals surface area contributed by atoms with Gasteiger partial charge in [-0.2, -0.15) is 0 Å². The van der Waals surface area contributed by atoms with Gasteiger partial charge in [-0.05, 0) is 11.2 Å². The molecule has 0 N–H and O–H groups in total.